The van der Waals surface area contributed by atoms with E-state index in [4.69, 9.17) is 4.74 Å². The molecule has 0 spiro atoms. The van der Waals surface area contributed by atoms with E-state index in [-0.39, 0.29) is 29.4 Å². The van der Waals surface area contributed by atoms with Crippen molar-refractivity contribution in [2.24, 2.45) is 0 Å². The number of ketones is 1. The number of benzene rings is 1. The predicted molar refractivity (Wildman–Crippen MR) is 102 cm³/mol. The highest BCUT2D eigenvalue weighted by Crippen LogP contribution is 2.16. The first-order valence-electron chi connectivity index (χ1n) is 8.71. The molecule has 3 rings (SSSR count). The molecule has 0 aliphatic carbocycles. The third kappa shape index (κ3) is 4.35. The average Bonchev–Trinajstić information content (AvgIpc) is 3.34. The Balaban J connectivity index is 1.95. The van der Waals surface area contributed by atoms with Crippen molar-refractivity contribution in [2.75, 3.05) is 6.61 Å². The lowest BCUT2D eigenvalue weighted by Gasteiger charge is -2.08. The van der Waals surface area contributed by atoms with Crippen LogP contribution in [0.5, 0.6) is 0 Å². The lowest BCUT2D eigenvalue weighted by atomic mass is 10.1. The number of H-pyrrole nitrogens is 1. The zero-order valence-electron chi connectivity index (χ0n) is 15.5. The third-order valence-electron chi connectivity index (χ3n) is 4.06. The Kier molecular flexibility index (Phi) is 5.69. The van der Waals surface area contributed by atoms with Crippen LogP contribution in [0.3, 0.4) is 0 Å². The molecule has 0 radical (unpaired) electrons. The maximum absolute atomic E-state index is 12.7. The number of carbonyl (C=O) groups excluding carboxylic acids is 2. The van der Waals surface area contributed by atoms with E-state index in [1.54, 1.807) is 17.7 Å². The van der Waals surface area contributed by atoms with Gasteiger partial charge >= 0.3 is 5.97 Å². The molecule has 0 fully saturated rings. The second-order valence-electron chi connectivity index (χ2n) is 6.18. The number of nitrogens with zero attached hydrogens (tertiary/aromatic N) is 3. The molecule has 0 unspecified atom stereocenters. The van der Waals surface area contributed by atoms with Gasteiger partial charge in [0.25, 0.3) is 0 Å². The third-order valence-corrected chi connectivity index (χ3v) is 4.06. The number of allylic oxidation sites excluding steroid dienone is 1. The highest BCUT2D eigenvalue weighted by Gasteiger charge is 2.18. The first kappa shape index (κ1) is 19.1. The second-order valence-corrected chi connectivity index (χ2v) is 6.18. The van der Waals surface area contributed by atoms with Gasteiger partial charge in [-0.05, 0) is 25.5 Å². The van der Waals surface area contributed by atoms with E-state index in [2.05, 4.69) is 15.2 Å². The van der Waals surface area contributed by atoms with Crippen LogP contribution in [0, 0.1) is 6.92 Å². The fourth-order valence-corrected chi connectivity index (χ4v) is 2.66. The minimum Gasteiger partial charge on any atom is -0.504 e. The van der Waals surface area contributed by atoms with Crippen molar-refractivity contribution in [3.05, 3.63) is 77.1 Å². The molecule has 0 amide bonds. The number of aliphatic hydroxyl groups excluding tert-OH is 1. The highest BCUT2D eigenvalue weighted by atomic mass is 16.5. The number of hydrogen-bond acceptors (Lipinski definition) is 6. The van der Waals surface area contributed by atoms with Gasteiger partial charge in [-0.3, -0.25) is 9.89 Å². The molecule has 2 heterocycles. The van der Waals surface area contributed by atoms with Crippen LogP contribution in [0.2, 0.25) is 0 Å². The van der Waals surface area contributed by atoms with E-state index >= 15 is 0 Å². The molecule has 3 aromatic rings. The maximum Gasteiger partial charge on any atom is 0.339 e. The molecule has 8 heteroatoms. The van der Waals surface area contributed by atoms with Crippen molar-refractivity contribution in [3.63, 3.8) is 0 Å². The van der Waals surface area contributed by atoms with Gasteiger partial charge in [0.15, 0.2) is 11.6 Å². The van der Waals surface area contributed by atoms with Gasteiger partial charge in [-0.25, -0.2) is 9.78 Å². The Labute approximate surface area is 161 Å². The summed E-state index contributed by atoms with van der Waals surface area (Å²) < 4.78 is 6.69. The number of rotatable bonds is 7. The van der Waals surface area contributed by atoms with E-state index < -0.39 is 11.8 Å². The standard InChI is InChI=1S/C20H20N4O4/c1-3-28-20(27)15-8-16(17(25)9-18(26)19-21-12-22-23-19)24(11-15)10-14-6-4-13(2)5-7-14/h4-9,11-12,26H,3,10H2,1-2H3,(H,21,22,23). The van der Waals surface area contributed by atoms with Crippen LogP contribution in [0.4, 0.5) is 0 Å². The van der Waals surface area contributed by atoms with Crippen LogP contribution in [0.1, 0.15) is 44.7 Å². The zero-order chi connectivity index (χ0) is 20.1. The molecule has 1 aromatic carbocycles. The van der Waals surface area contributed by atoms with E-state index in [1.807, 2.05) is 31.2 Å². The van der Waals surface area contributed by atoms with Gasteiger partial charge in [0.2, 0.25) is 5.78 Å². The summed E-state index contributed by atoms with van der Waals surface area (Å²) in [6, 6.07) is 9.31. The minimum absolute atomic E-state index is 0.0793. The summed E-state index contributed by atoms with van der Waals surface area (Å²) in [6.07, 6.45) is 3.84. The van der Waals surface area contributed by atoms with E-state index in [1.165, 1.54) is 12.4 Å². The van der Waals surface area contributed by atoms with Gasteiger partial charge in [-0.2, -0.15) is 5.10 Å². The number of carbonyl (C=O) groups is 2. The first-order chi connectivity index (χ1) is 13.5. The summed E-state index contributed by atoms with van der Waals surface area (Å²) >= 11 is 0. The summed E-state index contributed by atoms with van der Waals surface area (Å²) in [7, 11) is 0. The van der Waals surface area contributed by atoms with E-state index in [0.29, 0.717) is 6.54 Å². The van der Waals surface area contributed by atoms with Gasteiger partial charge in [0.05, 0.1) is 17.9 Å². The number of aromatic amines is 1. The summed E-state index contributed by atoms with van der Waals surface area (Å²) in [4.78, 5) is 28.6. The van der Waals surface area contributed by atoms with Crippen LogP contribution in [-0.4, -0.2) is 43.2 Å². The maximum atomic E-state index is 12.7. The fraction of sp³-hybridized carbons (Fsp3) is 0.200. The van der Waals surface area contributed by atoms with Gasteiger partial charge in [0.1, 0.15) is 6.33 Å². The number of aryl methyl sites for hydroxylation is 1. The number of aromatic nitrogens is 4. The zero-order valence-corrected chi connectivity index (χ0v) is 15.5. The Hall–Kier alpha value is -3.68. The normalized spacial score (nSPS) is 11.4. The fourth-order valence-electron chi connectivity index (χ4n) is 2.66. The van der Waals surface area contributed by atoms with Crippen LogP contribution < -0.4 is 0 Å². The molecule has 0 aliphatic heterocycles. The Morgan fingerprint density at radius 3 is 2.68 bits per heavy atom. The minimum atomic E-state index is -0.511. The molecule has 0 aliphatic rings. The van der Waals surface area contributed by atoms with Gasteiger partial charge in [-0.1, -0.05) is 29.8 Å². The predicted octanol–water partition coefficient (Wildman–Crippen LogP) is 2.92. The second kappa shape index (κ2) is 8.34. The number of ether oxygens (including phenoxy) is 1. The number of hydrogen-bond donors (Lipinski definition) is 2. The van der Waals surface area contributed by atoms with Gasteiger partial charge in [0, 0.05) is 18.8 Å². The van der Waals surface area contributed by atoms with Gasteiger partial charge < -0.3 is 14.4 Å². The summed E-state index contributed by atoms with van der Waals surface area (Å²) in [5, 5.41) is 16.2. The van der Waals surface area contributed by atoms with E-state index in [0.717, 1.165) is 17.2 Å². The molecule has 0 saturated heterocycles. The van der Waals surface area contributed by atoms with Crippen molar-refractivity contribution in [3.8, 4) is 0 Å². The van der Waals surface area contributed by atoms with Crippen molar-refractivity contribution in [2.45, 2.75) is 20.4 Å². The molecule has 8 nitrogen and oxygen atoms in total. The first-order valence-corrected chi connectivity index (χ1v) is 8.71. The summed E-state index contributed by atoms with van der Waals surface area (Å²) in [5.74, 6) is -1.25. The number of esters is 1. The molecule has 2 aromatic heterocycles. The Morgan fingerprint density at radius 1 is 1.29 bits per heavy atom. The topological polar surface area (TPSA) is 110 Å². The SMILES string of the molecule is CCOC(=O)c1cc(C(=O)C=C(O)c2ncn[nH]2)n(Cc2ccc(C)cc2)c1. The van der Waals surface area contributed by atoms with Crippen molar-refractivity contribution < 1.29 is 19.4 Å². The molecule has 144 valence electrons. The summed E-state index contributed by atoms with van der Waals surface area (Å²) in [5.41, 5.74) is 2.60. The Bertz CT molecular complexity index is 1000. The van der Waals surface area contributed by atoms with Crippen LogP contribution in [-0.2, 0) is 11.3 Å². The van der Waals surface area contributed by atoms with Crippen LogP contribution in [0.25, 0.3) is 5.76 Å². The van der Waals surface area contributed by atoms with E-state index in [9.17, 15) is 14.7 Å². The number of nitrogens with one attached hydrogen (secondary N) is 1. The monoisotopic (exact) mass is 380 g/mol. The van der Waals surface area contributed by atoms with Crippen molar-refractivity contribution in [1.82, 2.24) is 19.7 Å². The smallest absolute Gasteiger partial charge is 0.339 e. The molecule has 0 saturated carbocycles. The largest absolute Gasteiger partial charge is 0.504 e. The Morgan fingerprint density at radius 2 is 2.04 bits per heavy atom. The van der Waals surface area contributed by atoms with Gasteiger partial charge in [-0.15, -0.1) is 0 Å². The van der Waals surface area contributed by atoms with Crippen molar-refractivity contribution in [1.29, 1.82) is 0 Å². The molecule has 0 bridgehead atoms. The highest BCUT2D eigenvalue weighted by molar-refractivity contribution is 6.08. The van der Waals surface area contributed by atoms with Crippen molar-refractivity contribution >= 4 is 17.5 Å². The molecular weight excluding hydrogens is 360 g/mol. The molecule has 2 N–H and O–H groups in total. The van der Waals surface area contributed by atoms with Crippen LogP contribution in [0.15, 0.2) is 48.9 Å². The quantitative estimate of drug-likeness (QED) is 0.282. The summed E-state index contributed by atoms with van der Waals surface area (Å²) in [6.45, 7) is 4.32. The average molecular weight is 380 g/mol. The molecular formula is C20H20N4O4. The lowest BCUT2D eigenvalue weighted by molar-refractivity contribution is 0.0526. The lowest BCUT2D eigenvalue weighted by Crippen LogP contribution is -2.08. The van der Waals surface area contributed by atoms with Crippen LogP contribution >= 0.6 is 0 Å². The molecule has 28 heavy (non-hydrogen) atoms. The molecule has 0 atom stereocenters. The number of aliphatic hydroxyl groups is 1.